The molecule has 0 saturated heterocycles. The molecule has 1 aliphatic rings. The van der Waals surface area contributed by atoms with Gasteiger partial charge in [0.05, 0.1) is 0 Å². The lowest BCUT2D eigenvalue weighted by molar-refractivity contribution is 0.276. The molecule has 0 nitrogen and oxygen atoms in total. The molecule has 31 heavy (non-hydrogen) atoms. The molecule has 2 aromatic carbocycles. The highest BCUT2D eigenvalue weighted by Gasteiger charge is 2.28. The molecule has 2 unspecified atom stereocenters. The zero-order chi connectivity index (χ0) is 22.4. The highest BCUT2D eigenvalue weighted by molar-refractivity contribution is 5.40. The number of hydrogen-bond donors (Lipinski definition) is 0. The molecular weight excluding hydrogens is 372 g/mol. The summed E-state index contributed by atoms with van der Waals surface area (Å²) in [5.74, 6) is 2.82. The van der Waals surface area contributed by atoms with Gasteiger partial charge in [-0.25, -0.2) is 0 Å². The Kier molecular flexibility index (Phi) is 8.58. The van der Waals surface area contributed by atoms with E-state index in [0.29, 0.717) is 11.8 Å². The van der Waals surface area contributed by atoms with Gasteiger partial charge >= 0.3 is 0 Å². The van der Waals surface area contributed by atoms with Crippen molar-refractivity contribution in [1.29, 1.82) is 0 Å². The van der Waals surface area contributed by atoms with E-state index in [4.69, 9.17) is 0 Å². The van der Waals surface area contributed by atoms with Gasteiger partial charge in [-0.2, -0.15) is 0 Å². The third kappa shape index (κ3) is 6.83. The average Bonchev–Trinajstić information content (AvgIpc) is 2.74. The Morgan fingerprint density at radius 3 is 2.26 bits per heavy atom. The Morgan fingerprint density at radius 1 is 0.968 bits per heavy atom. The van der Waals surface area contributed by atoms with E-state index in [2.05, 4.69) is 83.7 Å². The van der Waals surface area contributed by atoms with Crippen LogP contribution in [0.3, 0.4) is 0 Å². The molecule has 1 saturated carbocycles. The van der Waals surface area contributed by atoms with Gasteiger partial charge in [-0.15, -0.1) is 6.58 Å². The van der Waals surface area contributed by atoms with Crippen LogP contribution in [0.4, 0.5) is 0 Å². The van der Waals surface area contributed by atoms with Gasteiger partial charge in [-0.05, 0) is 91.9 Å². The molecule has 3 rings (SSSR count). The van der Waals surface area contributed by atoms with Crippen molar-refractivity contribution in [3.63, 3.8) is 0 Å². The van der Waals surface area contributed by atoms with Crippen molar-refractivity contribution in [3.8, 4) is 0 Å². The van der Waals surface area contributed by atoms with Crippen molar-refractivity contribution >= 4 is 0 Å². The predicted molar refractivity (Wildman–Crippen MR) is 137 cm³/mol. The van der Waals surface area contributed by atoms with Gasteiger partial charge < -0.3 is 0 Å². The van der Waals surface area contributed by atoms with E-state index < -0.39 is 0 Å². The maximum Gasteiger partial charge on any atom is -0.00228 e. The van der Waals surface area contributed by atoms with Gasteiger partial charge in [0.1, 0.15) is 0 Å². The first-order chi connectivity index (χ1) is 14.8. The molecule has 1 aliphatic carbocycles. The molecule has 0 spiro atoms. The zero-order valence-corrected chi connectivity index (χ0v) is 20.7. The highest BCUT2D eigenvalue weighted by Crippen LogP contribution is 2.42. The average molecular weight is 417 g/mol. The lowest BCUT2D eigenvalue weighted by Gasteiger charge is -2.33. The van der Waals surface area contributed by atoms with Crippen LogP contribution in [-0.2, 0) is 6.42 Å². The van der Waals surface area contributed by atoms with Crippen LogP contribution in [0, 0.1) is 18.8 Å². The molecule has 0 aliphatic heterocycles. The molecule has 1 fully saturated rings. The minimum absolute atomic E-state index is 0.529. The molecule has 0 radical (unpaired) electrons. The van der Waals surface area contributed by atoms with Crippen LogP contribution < -0.4 is 0 Å². The molecule has 0 heterocycles. The van der Waals surface area contributed by atoms with Gasteiger partial charge in [0.2, 0.25) is 0 Å². The van der Waals surface area contributed by atoms with E-state index in [1.807, 2.05) is 0 Å². The first-order valence-corrected chi connectivity index (χ1v) is 12.7. The van der Waals surface area contributed by atoms with Crippen molar-refractivity contribution in [2.45, 2.75) is 97.8 Å². The second-order valence-electron chi connectivity index (χ2n) is 10.8. The summed E-state index contributed by atoms with van der Waals surface area (Å²) in [7, 11) is 0. The minimum Gasteiger partial charge on any atom is -0.100 e. The van der Waals surface area contributed by atoms with E-state index in [9.17, 15) is 0 Å². The quantitative estimate of drug-likeness (QED) is 0.357. The Bertz CT molecular complexity index is 833. The highest BCUT2D eigenvalue weighted by atomic mass is 14.3. The summed E-state index contributed by atoms with van der Waals surface area (Å²) in [6, 6.07) is 16.6. The van der Waals surface area contributed by atoms with E-state index in [0.717, 1.165) is 24.7 Å². The SMILES string of the molecule is C=C(C)CC(C)c1ccc(C(CC(C)C)C2CCCCC2)c(Cc2ccc(C)cc2)c1. The second-order valence-corrected chi connectivity index (χ2v) is 10.8. The Morgan fingerprint density at radius 2 is 1.65 bits per heavy atom. The van der Waals surface area contributed by atoms with Crippen molar-refractivity contribution in [3.05, 3.63) is 82.4 Å². The normalized spacial score (nSPS) is 17.0. The Labute approximate surface area is 192 Å². The summed E-state index contributed by atoms with van der Waals surface area (Å²) < 4.78 is 0. The van der Waals surface area contributed by atoms with Gasteiger partial charge in [0, 0.05) is 0 Å². The lowest BCUT2D eigenvalue weighted by Crippen LogP contribution is -2.20. The van der Waals surface area contributed by atoms with Crippen molar-refractivity contribution in [2.75, 3.05) is 0 Å². The number of benzene rings is 2. The molecule has 2 atom stereocenters. The number of hydrogen-bond acceptors (Lipinski definition) is 0. The summed E-state index contributed by atoms with van der Waals surface area (Å²) in [6.07, 6.45) is 10.5. The maximum absolute atomic E-state index is 4.16. The Balaban J connectivity index is 2.00. The molecule has 0 aromatic heterocycles. The smallest absolute Gasteiger partial charge is 0.00228 e. The van der Waals surface area contributed by atoms with Crippen LogP contribution in [-0.4, -0.2) is 0 Å². The fraction of sp³-hybridized carbons (Fsp3) is 0.548. The van der Waals surface area contributed by atoms with E-state index in [1.165, 1.54) is 60.8 Å². The molecule has 168 valence electrons. The third-order valence-corrected chi connectivity index (χ3v) is 7.25. The van der Waals surface area contributed by atoms with Crippen LogP contribution in [0.1, 0.15) is 112 Å². The van der Waals surface area contributed by atoms with Gasteiger partial charge in [0.15, 0.2) is 0 Å². The van der Waals surface area contributed by atoms with Gasteiger partial charge in [0.25, 0.3) is 0 Å². The predicted octanol–water partition coefficient (Wildman–Crippen LogP) is 9.37. The number of aryl methyl sites for hydroxylation is 1. The van der Waals surface area contributed by atoms with Gasteiger partial charge in [-0.1, -0.05) is 93.6 Å². The fourth-order valence-electron chi connectivity index (χ4n) is 5.63. The molecular formula is C31H44. The van der Waals surface area contributed by atoms with E-state index >= 15 is 0 Å². The summed E-state index contributed by atoms with van der Waals surface area (Å²) in [6.45, 7) is 15.6. The van der Waals surface area contributed by atoms with E-state index in [1.54, 1.807) is 11.1 Å². The standard InChI is InChI=1S/C31H44/c1-22(2)18-25(6)28-16-17-30(29(21-28)20-26-14-12-24(5)13-15-26)31(19-23(3)4)27-10-8-7-9-11-27/h12-17,21,23,25,27,31H,1,7-11,18-20H2,2-6H3. The molecule has 2 aromatic rings. The largest absolute Gasteiger partial charge is 0.100 e. The first kappa shape index (κ1) is 23.8. The first-order valence-electron chi connectivity index (χ1n) is 12.7. The summed E-state index contributed by atoms with van der Waals surface area (Å²) in [5.41, 5.74) is 8.71. The van der Waals surface area contributed by atoms with Crippen molar-refractivity contribution in [1.82, 2.24) is 0 Å². The van der Waals surface area contributed by atoms with E-state index in [-0.39, 0.29) is 0 Å². The van der Waals surface area contributed by atoms with Crippen LogP contribution >= 0.6 is 0 Å². The minimum atomic E-state index is 0.529. The molecule has 0 bridgehead atoms. The summed E-state index contributed by atoms with van der Waals surface area (Å²) in [4.78, 5) is 0. The fourth-order valence-corrected chi connectivity index (χ4v) is 5.63. The van der Waals surface area contributed by atoms with Crippen LogP contribution in [0.5, 0.6) is 0 Å². The third-order valence-electron chi connectivity index (χ3n) is 7.25. The van der Waals surface area contributed by atoms with Crippen molar-refractivity contribution < 1.29 is 0 Å². The zero-order valence-electron chi connectivity index (χ0n) is 20.7. The van der Waals surface area contributed by atoms with Gasteiger partial charge in [-0.3, -0.25) is 0 Å². The number of rotatable bonds is 9. The maximum atomic E-state index is 4.16. The van der Waals surface area contributed by atoms with Crippen molar-refractivity contribution in [2.24, 2.45) is 11.8 Å². The molecule has 0 N–H and O–H groups in total. The molecule has 0 amide bonds. The number of allylic oxidation sites excluding steroid dienone is 1. The summed E-state index contributed by atoms with van der Waals surface area (Å²) in [5, 5.41) is 0. The van der Waals surface area contributed by atoms with Crippen LogP contribution in [0.25, 0.3) is 0 Å². The summed E-state index contributed by atoms with van der Waals surface area (Å²) >= 11 is 0. The lowest BCUT2D eigenvalue weighted by atomic mass is 9.71. The van der Waals surface area contributed by atoms with Crippen LogP contribution in [0.15, 0.2) is 54.6 Å². The van der Waals surface area contributed by atoms with Crippen LogP contribution in [0.2, 0.25) is 0 Å². The topological polar surface area (TPSA) is 0 Å². The second kappa shape index (κ2) is 11.2. The Hall–Kier alpha value is -1.82. The monoisotopic (exact) mass is 416 g/mol. The molecule has 0 heteroatoms.